The molecule has 136 valence electrons. The minimum Gasteiger partial charge on any atom is -0.465 e. The molecule has 24 heavy (non-hydrogen) atoms. The topological polar surface area (TPSA) is 78.9 Å². The lowest BCUT2D eigenvalue weighted by Gasteiger charge is -2.30. The summed E-state index contributed by atoms with van der Waals surface area (Å²) < 4.78 is 61.8. The zero-order chi connectivity index (χ0) is 18.8. The Morgan fingerprint density at radius 2 is 1.21 bits per heavy atom. The van der Waals surface area contributed by atoms with E-state index in [2.05, 4.69) is 9.47 Å². The lowest BCUT2D eigenvalue weighted by molar-refractivity contribution is -0.157. The molecule has 0 aliphatic carbocycles. The van der Waals surface area contributed by atoms with Gasteiger partial charge in [0.05, 0.1) is 17.6 Å². The van der Waals surface area contributed by atoms with Gasteiger partial charge in [-0.2, -0.15) is 17.6 Å². The smallest absolute Gasteiger partial charge is 0.336 e. The molecule has 0 bridgehead atoms. The van der Waals surface area contributed by atoms with Gasteiger partial charge in [0, 0.05) is 6.92 Å². The number of rotatable bonds is 9. The van der Waals surface area contributed by atoms with E-state index >= 15 is 0 Å². The molecule has 0 unspecified atom stereocenters. The van der Waals surface area contributed by atoms with Crippen LogP contribution >= 0.6 is 0 Å². The largest absolute Gasteiger partial charge is 0.465 e. The van der Waals surface area contributed by atoms with Crippen molar-refractivity contribution in [1.29, 1.82) is 0 Å². The summed E-state index contributed by atoms with van der Waals surface area (Å²) in [6.45, 7) is 1.22. The number of esters is 3. The normalized spacial score (nSPS) is 10.4. The molecule has 0 spiro atoms. The predicted molar refractivity (Wildman–Crippen MR) is 71.9 cm³/mol. The highest BCUT2D eigenvalue weighted by Crippen LogP contribution is 2.24. The van der Waals surface area contributed by atoms with Gasteiger partial charge in [-0.25, -0.2) is 9.59 Å². The van der Waals surface area contributed by atoms with Gasteiger partial charge in [0.15, 0.2) is 0 Å². The van der Waals surface area contributed by atoms with Gasteiger partial charge in [-0.15, -0.1) is 0 Å². The van der Waals surface area contributed by atoms with E-state index in [0.29, 0.717) is 0 Å². The molecular formula is C14H16F4O6. The van der Waals surface area contributed by atoms with Crippen molar-refractivity contribution in [2.24, 2.45) is 5.41 Å². The third-order valence-corrected chi connectivity index (χ3v) is 2.83. The number of carbonyl (C=O) groups is 3. The van der Waals surface area contributed by atoms with E-state index in [-0.39, 0.29) is 25.2 Å². The summed E-state index contributed by atoms with van der Waals surface area (Å²) in [4.78, 5) is 33.2. The van der Waals surface area contributed by atoms with Crippen LogP contribution in [0.15, 0.2) is 24.3 Å². The van der Waals surface area contributed by atoms with E-state index in [1.165, 1.54) is 0 Å². The molecule has 0 heterocycles. The fourth-order valence-electron chi connectivity index (χ4n) is 1.40. The molecule has 0 rings (SSSR count). The van der Waals surface area contributed by atoms with Gasteiger partial charge < -0.3 is 14.2 Å². The first-order chi connectivity index (χ1) is 11.1. The van der Waals surface area contributed by atoms with E-state index in [4.69, 9.17) is 4.74 Å². The summed E-state index contributed by atoms with van der Waals surface area (Å²) in [5.41, 5.74) is -1.27. The molecule has 0 N–H and O–H groups in total. The molecule has 10 heteroatoms. The third-order valence-electron chi connectivity index (χ3n) is 2.83. The maximum Gasteiger partial charge on any atom is 0.336 e. The summed E-state index contributed by atoms with van der Waals surface area (Å²) in [6.07, 6.45) is -4.52. The van der Waals surface area contributed by atoms with Crippen molar-refractivity contribution in [2.75, 3.05) is 19.8 Å². The van der Waals surface area contributed by atoms with E-state index in [1.807, 2.05) is 0 Å². The Kier molecular flexibility index (Phi) is 9.36. The van der Waals surface area contributed by atoms with Gasteiger partial charge in [-0.05, 0) is 6.42 Å². The van der Waals surface area contributed by atoms with E-state index < -0.39 is 48.7 Å². The van der Waals surface area contributed by atoms with Gasteiger partial charge >= 0.3 is 17.9 Å². The Bertz CT molecular complexity index is 487. The van der Waals surface area contributed by atoms with Gasteiger partial charge in [0.1, 0.15) is 19.8 Å². The first kappa shape index (κ1) is 21.6. The van der Waals surface area contributed by atoms with Gasteiger partial charge in [-0.3, -0.25) is 4.79 Å². The van der Waals surface area contributed by atoms with Crippen LogP contribution in [0, 0.1) is 5.41 Å². The van der Waals surface area contributed by atoms with Crippen LogP contribution < -0.4 is 0 Å². The van der Waals surface area contributed by atoms with Crippen molar-refractivity contribution < 1.29 is 46.2 Å². The van der Waals surface area contributed by atoms with Crippen molar-refractivity contribution in [3.8, 4) is 0 Å². The second-order valence-corrected chi connectivity index (χ2v) is 4.72. The van der Waals surface area contributed by atoms with Crippen LogP contribution in [0.1, 0.15) is 20.3 Å². The zero-order valence-corrected chi connectivity index (χ0v) is 12.9. The number of hydrogen-bond donors (Lipinski definition) is 0. The van der Waals surface area contributed by atoms with Crippen LogP contribution in [-0.2, 0) is 28.6 Å². The Hall–Kier alpha value is -2.39. The van der Waals surface area contributed by atoms with Crippen molar-refractivity contribution in [3.63, 3.8) is 0 Å². The maximum absolute atomic E-state index is 12.0. The van der Waals surface area contributed by atoms with Crippen molar-refractivity contribution in [1.82, 2.24) is 0 Å². The van der Waals surface area contributed by atoms with Crippen LogP contribution in [0.2, 0.25) is 0 Å². The first-order valence-electron chi connectivity index (χ1n) is 6.62. The highest BCUT2D eigenvalue weighted by atomic mass is 19.3. The highest BCUT2D eigenvalue weighted by molar-refractivity contribution is 5.82. The quantitative estimate of drug-likeness (QED) is 0.273. The molecule has 0 aliphatic rings. The average molecular weight is 356 g/mol. The molecular weight excluding hydrogens is 340 g/mol. The van der Waals surface area contributed by atoms with Crippen LogP contribution in [0.5, 0.6) is 0 Å². The van der Waals surface area contributed by atoms with Crippen molar-refractivity contribution in [3.05, 3.63) is 24.3 Å². The summed E-state index contributed by atoms with van der Waals surface area (Å²) in [7, 11) is 0. The Balaban J connectivity index is 5.01. The second kappa shape index (κ2) is 10.4. The minimum atomic E-state index is -2.27. The fraction of sp³-hybridized carbons (Fsp3) is 0.500. The van der Waals surface area contributed by atoms with Crippen molar-refractivity contribution >= 4 is 17.9 Å². The molecule has 0 atom stereocenters. The van der Waals surface area contributed by atoms with Crippen molar-refractivity contribution in [2.45, 2.75) is 20.3 Å². The Morgan fingerprint density at radius 1 is 0.833 bits per heavy atom. The van der Waals surface area contributed by atoms with Crippen LogP contribution in [0.25, 0.3) is 0 Å². The molecule has 6 nitrogen and oxygen atoms in total. The zero-order valence-electron chi connectivity index (χ0n) is 12.9. The second-order valence-electron chi connectivity index (χ2n) is 4.72. The molecule has 0 amide bonds. The summed E-state index contributed by atoms with van der Waals surface area (Å²) in [5, 5.41) is 0. The Labute approximate surface area is 135 Å². The summed E-state index contributed by atoms with van der Waals surface area (Å²) in [6, 6.07) is 0. The van der Waals surface area contributed by atoms with E-state index in [9.17, 15) is 31.9 Å². The Morgan fingerprint density at radius 3 is 1.50 bits per heavy atom. The van der Waals surface area contributed by atoms with Gasteiger partial charge in [-0.1, -0.05) is 6.92 Å². The minimum absolute atomic E-state index is 0.0561. The standard InChI is InChI=1S/C14H16F4O6/c1-3-14(6-22-9(2)19,7-23-12(20)4-10(15)16)8-24-13(21)5-11(17)18/h4-5H,3,6-8H2,1-2H3. The third kappa shape index (κ3) is 9.59. The van der Waals surface area contributed by atoms with Crippen LogP contribution in [0.4, 0.5) is 17.6 Å². The fourth-order valence-corrected chi connectivity index (χ4v) is 1.40. The lowest BCUT2D eigenvalue weighted by atomic mass is 9.88. The van der Waals surface area contributed by atoms with Crippen LogP contribution in [-0.4, -0.2) is 37.7 Å². The molecule has 0 aromatic rings. The molecule has 0 fully saturated rings. The number of halogens is 4. The maximum atomic E-state index is 12.0. The first-order valence-corrected chi connectivity index (χ1v) is 6.62. The average Bonchev–Trinajstić information content (AvgIpc) is 2.45. The predicted octanol–water partition coefficient (Wildman–Crippen LogP) is 2.59. The number of carbonyl (C=O) groups excluding carboxylic acids is 3. The molecule has 0 aromatic carbocycles. The lowest BCUT2D eigenvalue weighted by Crippen LogP contribution is -2.38. The molecule has 0 saturated heterocycles. The summed E-state index contributed by atoms with van der Waals surface area (Å²) in [5.74, 6) is -3.39. The van der Waals surface area contributed by atoms with Gasteiger partial charge in [0.2, 0.25) is 0 Å². The molecule has 0 saturated carbocycles. The number of ether oxygens (including phenoxy) is 3. The highest BCUT2D eigenvalue weighted by Gasteiger charge is 2.33. The molecule has 0 aromatic heterocycles. The van der Waals surface area contributed by atoms with E-state index in [0.717, 1.165) is 6.92 Å². The van der Waals surface area contributed by atoms with E-state index in [1.54, 1.807) is 6.92 Å². The van der Waals surface area contributed by atoms with Crippen LogP contribution in [0.3, 0.4) is 0 Å². The molecule has 0 radical (unpaired) electrons. The summed E-state index contributed by atoms with van der Waals surface area (Å²) >= 11 is 0. The molecule has 0 aliphatic heterocycles. The SMILES string of the molecule is CCC(COC(C)=O)(COC(=O)C=C(F)F)COC(=O)C=C(F)F. The monoisotopic (exact) mass is 356 g/mol. The van der Waals surface area contributed by atoms with Gasteiger partial charge in [0.25, 0.3) is 12.2 Å². The number of hydrogen-bond acceptors (Lipinski definition) is 6.